The first-order chi connectivity index (χ1) is 15.3. The Hall–Kier alpha value is -4.29. The number of benzene rings is 1. The number of nitrogens with zero attached hydrogens (tertiary/aromatic N) is 5. The molecule has 0 bridgehead atoms. The van der Waals surface area contributed by atoms with E-state index in [0.717, 1.165) is 10.7 Å². The number of aromatic nitrogens is 5. The number of alkyl halides is 1. The minimum Gasteiger partial charge on any atom is -0.386 e. The van der Waals surface area contributed by atoms with E-state index < -0.39 is 41.4 Å². The molecule has 13 heteroatoms. The van der Waals surface area contributed by atoms with Gasteiger partial charge in [-0.1, -0.05) is 0 Å². The van der Waals surface area contributed by atoms with E-state index in [1.54, 1.807) is 0 Å². The number of nitrogens with one attached hydrogen (secondary N) is 1. The van der Waals surface area contributed by atoms with Gasteiger partial charge in [-0.2, -0.15) is 9.78 Å². The molecule has 0 aliphatic heterocycles. The van der Waals surface area contributed by atoms with Gasteiger partial charge in [0.1, 0.15) is 12.5 Å². The smallest absolute Gasteiger partial charge is 0.386 e. The molecule has 1 aromatic carbocycles. The Morgan fingerprint density at radius 1 is 1.12 bits per heavy atom. The molecule has 0 fully saturated rings. The van der Waals surface area contributed by atoms with Gasteiger partial charge in [-0.25, -0.2) is 32.0 Å². The third-order valence-corrected chi connectivity index (χ3v) is 4.34. The van der Waals surface area contributed by atoms with Gasteiger partial charge in [0.25, 0.3) is 11.8 Å². The first-order valence-corrected chi connectivity index (χ1v) is 8.89. The van der Waals surface area contributed by atoms with Gasteiger partial charge in [0.05, 0.1) is 23.1 Å². The molecule has 1 amide bonds. The number of aryl methyl sites for hydroxylation is 1. The second-order valence-electron chi connectivity index (χ2n) is 6.44. The fourth-order valence-electron chi connectivity index (χ4n) is 2.76. The molecular weight excluding hydrogens is 436 g/mol. The standard InChI is InChI=1S/C19H12F4N6O3/c1-28-19(31)32-18(27-28)13-6-10(7-20)29(26-13)9-2-5-14(24-8-9)25-17(30)11-3-4-12(21)16(23)15(11)22/h2-6,8H,7H2,1H3,(H,24,25,30). The van der Waals surface area contributed by atoms with Crippen molar-refractivity contribution in [3.05, 3.63) is 75.8 Å². The van der Waals surface area contributed by atoms with E-state index in [2.05, 4.69) is 20.5 Å². The lowest BCUT2D eigenvalue weighted by Gasteiger charge is -2.08. The maximum absolute atomic E-state index is 13.8. The van der Waals surface area contributed by atoms with E-state index in [-0.39, 0.29) is 23.1 Å². The molecule has 0 saturated heterocycles. The van der Waals surface area contributed by atoms with Crippen molar-refractivity contribution in [2.75, 3.05) is 5.32 Å². The molecule has 0 saturated carbocycles. The summed E-state index contributed by atoms with van der Waals surface area (Å²) in [4.78, 5) is 27.6. The maximum atomic E-state index is 13.8. The highest BCUT2D eigenvalue weighted by molar-refractivity contribution is 6.04. The molecule has 164 valence electrons. The van der Waals surface area contributed by atoms with Crippen molar-refractivity contribution in [3.8, 4) is 17.3 Å². The van der Waals surface area contributed by atoms with Gasteiger partial charge in [0, 0.05) is 7.05 Å². The Balaban J connectivity index is 1.58. The molecule has 0 radical (unpaired) electrons. The second-order valence-corrected chi connectivity index (χ2v) is 6.44. The Bertz CT molecular complexity index is 1380. The van der Waals surface area contributed by atoms with Crippen molar-refractivity contribution in [2.45, 2.75) is 6.67 Å². The normalized spacial score (nSPS) is 11.0. The van der Waals surface area contributed by atoms with Gasteiger partial charge in [0.15, 0.2) is 23.1 Å². The van der Waals surface area contributed by atoms with Crippen LogP contribution in [0, 0.1) is 17.5 Å². The average Bonchev–Trinajstić information content (AvgIpc) is 3.36. The van der Waals surface area contributed by atoms with E-state index in [1.165, 1.54) is 36.1 Å². The molecular formula is C19H12F4N6O3. The number of pyridine rings is 1. The van der Waals surface area contributed by atoms with E-state index >= 15 is 0 Å². The Labute approximate surface area is 175 Å². The average molecular weight is 448 g/mol. The van der Waals surface area contributed by atoms with Crippen LogP contribution in [0.3, 0.4) is 0 Å². The van der Waals surface area contributed by atoms with Crippen LogP contribution in [0.15, 0.2) is 45.7 Å². The number of carbonyl (C=O) groups is 1. The highest BCUT2D eigenvalue weighted by Crippen LogP contribution is 2.21. The predicted molar refractivity (Wildman–Crippen MR) is 101 cm³/mol. The molecule has 3 aromatic heterocycles. The molecule has 9 nitrogen and oxygen atoms in total. The number of anilines is 1. The maximum Gasteiger partial charge on any atom is 0.437 e. The van der Waals surface area contributed by atoms with Crippen molar-refractivity contribution in [1.82, 2.24) is 24.5 Å². The predicted octanol–water partition coefficient (Wildman–Crippen LogP) is 2.76. The lowest BCUT2D eigenvalue weighted by molar-refractivity contribution is 0.102. The molecule has 4 rings (SSSR count). The number of halogens is 4. The zero-order chi connectivity index (χ0) is 23.0. The van der Waals surface area contributed by atoms with Crippen LogP contribution in [0.25, 0.3) is 17.3 Å². The molecule has 1 N–H and O–H groups in total. The van der Waals surface area contributed by atoms with E-state index in [1.807, 2.05) is 0 Å². The van der Waals surface area contributed by atoms with Crippen LogP contribution in [-0.4, -0.2) is 30.5 Å². The van der Waals surface area contributed by atoms with Crippen molar-refractivity contribution in [1.29, 1.82) is 0 Å². The fraction of sp³-hybridized carbons (Fsp3) is 0.105. The van der Waals surface area contributed by atoms with Gasteiger partial charge in [-0.3, -0.25) is 4.79 Å². The topological polar surface area (TPSA) is 108 Å². The summed E-state index contributed by atoms with van der Waals surface area (Å²) < 4.78 is 60.7. The minimum absolute atomic E-state index is 0.0345. The second kappa shape index (κ2) is 8.09. The Morgan fingerprint density at radius 3 is 2.53 bits per heavy atom. The first-order valence-electron chi connectivity index (χ1n) is 8.89. The monoisotopic (exact) mass is 448 g/mol. The van der Waals surface area contributed by atoms with Crippen LogP contribution >= 0.6 is 0 Å². The van der Waals surface area contributed by atoms with Gasteiger partial charge < -0.3 is 9.73 Å². The molecule has 3 heterocycles. The lowest BCUT2D eigenvalue weighted by atomic mass is 10.2. The third kappa shape index (κ3) is 3.75. The van der Waals surface area contributed by atoms with Crippen LogP contribution < -0.4 is 11.1 Å². The number of hydrogen-bond donors (Lipinski definition) is 1. The van der Waals surface area contributed by atoms with E-state index in [9.17, 15) is 27.2 Å². The number of amides is 1. The number of hydrogen-bond acceptors (Lipinski definition) is 6. The van der Waals surface area contributed by atoms with Crippen molar-refractivity contribution in [2.24, 2.45) is 7.05 Å². The van der Waals surface area contributed by atoms with Crippen LogP contribution in [0.5, 0.6) is 0 Å². The number of carbonyl (C=O) groups excluding carboxylic acids is 1. The van der Waals surface area contributed by atoms with E-state index in [4.69, 9.17) is 4.42 Å². The first kappa shape index (κ1) is 21.0. The van der Waals surface area contributed by atoms with Crippen LogP contribution in [0.1, 0.15) is 16.1 Å². The van der Waals surface area contributed by atoms with Crippen LogP contribution in [0.2, 0.25) is 0 Å². The summed E-state index contributed by atoms with van der Waals surface area (Å²) >= 11 is 0. The largest absolute Gasteiger partial charge is 0.437 e. The van der Waals surface area contributed by atoms with Crippen molar-refractivity contribution in [3.63, 3.8) is 0 Å². The summed E-state index contributed by atoms with van der Waals surface area (Å²) in [6.07, 6.45) is 1.24. The van der Waals surface area contributed by atoms with Gasteiger partial charge in [-0.15, -0.1) is 5.10 Å². The summed E-state index contributed by atoms with van der Waals surface area (Å²) in [5, 5.41) is 10.3. The summed E-state index contributed by atoms with van der Waals surface area (Å²) in [6.45, 7) is -0.905. The van der Waals surface area contributed by atoms with Gasteiger partial charge >= 0.3 is 5.76 Å². The van der Waals surface area contributed by atoms with E-state index in [0.29, 0.717) is 11.8 Å². The zero-order valence-corrected chi connectivity index (χ0v) is 16.1. The summed E-state index contributed by atoms with van der Waals surface area (Å²) in [6, 6.07) is 5.50. The highest BCUT2D eigenvalue weighted by atomic mass is 19.2. The summed E-state index contributed by atoms with van der Waals surface area (Å²) in [5.74, 6) is -6.71. The molecule has 4 aromatic rings. The molecule has 0 aliphatic rings. The van der Waals surface area contributed by atoms with Crippen LogP contribution in [0.4, 0.5) is 23.4 Å². The summed E-state index contributed by atoms with van der Waals surface area (Å²) in [5.41, 5.74) is -0.195. The zero-order valence-electron chi connectivity index (χ0n) is 16.1. The quantitative estimate of drug-likeness (QED) is 0.372. The molecule has 0 atom stereocenters. The van der Waals surface area contributed by atoms with Crippen molar-refractivity contribution >= 4 is 11.7 Å². The lowest BCUT2D eigenvalue weighted by Crippen LogP contribution is -2.16. The van der Waals surface area contributed by atoms with Crippen molar-refractivity contribution < 1.29 is 26.8 Å². The van der Waals surface area contributed by atoms with Gasteiger partial charge in [-0.05, 0) is 30.3 Å². The fourth-order valence-corrected chi connectivity index (χ4v) is 2.76. The molecule has 32 heavy (non-hydrogen) atoms. The SMILES string of the molecule is Cn1nc(-c2cc(CF)n(-c3ccc(NC(=O)c4ccc(F)c(F)c4F)nc3)n2)oc1=O. The minimum atomic E-state index is -1.77. The molecule has 0 unspecified atom stereocenters. The summed E-state index contributed by atoms with van der Waals surface area (Å²) in [7, 11) is 1.38. The molecule has 0 spiro atoms. The third-order valence-electron chi connectivity index (χ3n) is 4.34. The Morgan fingerprint density at radius 2 is 1.91 bits per heavy atom. The van der Waals surface area contributed by atoms with Gasteiger partial charge in [0.2, 0.25) is 0 Å². The van der Waals surface area contributed by atoms with Crippen LogP contribution in [-0.2, 0) is 13.7 Å². The molecule has 0 aliphatic carbocycles. The highest BCUT2D eigenvalue weighted by Gasteiger charge is 2.20. The Kier molecular flexibility index (Phi) is 5.30. The number of rotatable bonds is 5.